The number of hydrogen-bond donors (Lipinski definition) is 2. The van der Waals surface area contributed by atoms with Gasteiger partial charge in [0.05, 0.1) is 13.3 Å². The zero-order valence-electron chi connectivity index (χ0n) is 20.4. The standard InChI is InChI=1S/C28H31N3O4/c1-19(2)26(27(32)30-23-10-14-24(34-4)15-11-23)28(33)31-29-17-21-8-12-25(13-9-21)35-18-22-7-5-6-20(3)16-22/h5-17,19,26H,18H2,1-4H3,(H,30,32)(H,31,33). The van der Waals surface area contributed by atoms with Crippen molar-refractivity contribution >= 4 is 23.7 Å². The summed E-state index contributed by atoms with van der Waals surface area (Å²) in [4.78, 5) is 25.4. The number of amides is 2. The molecule has 35 heavy (non-hydrogen) atoms. The van der Waals surface area contributed by atoms with Crippen LogP contribution in [0.25, 0.3) is 0 Å². The molecule has 0 aromatic heterocycles. The van der Waals surface area contributed by atoms with Gasteiger partial charge in [0, 0.05) is 5.69 Å². The molecular weight excluding hydrogens is 442 g/mol. The molecule has 0 aliphatic carbocycles. The van der Waals surface area contributed by atoms with E-state index in [1.807, 2.05) is 63.2 Å². The number of carbonyl (C=O) groups excluding carboxylic acids is 2. The lowest BCUT2D eigenvalue weighted by molar-refractivity contribution is -0.134. The number of ether oxygens (including phenoxy) is 2. The fraction of sp³-hybridized carbons (Fsp3) is 0.250. The van der Waals surface area contributed by atoms with Crippen molar-refractivity contribution in [3.8, 4) is 11.5 Å². The van der Waals surface area contributed by atoms with Crippen molar-refractivity contribution in [1.82, 2.24) is 5.43 Å². The zero-order valence-corrected chi connectivity index (χ0v) is 20.4. The van der Waals surface area contributed by atoms with Gasteiger partial charge >= 0.3 is 0 Å². The largest absolute Gasteiger partial charge is 0.497 e. The number of benzene rings is 3. The second-order valence-electron chi connectivity index (χ2n) is 8.52. The van der Waals surface area contributed by atoms with E-state index in [0.717, 1.165) is 16.9 Å². The van der Waals surface area contributed by atoms with Gasteiger partial charge < -0.3 is 14.8 Å². The summed E-state index contributed by atoms with van der Waals surface area (Å²) in [7, 11) is 1.57. The molecule has 0 radical (unpaired) electrons. The van der Waals surface area contributed by atoms with Crippen molar-refractivity contribution in [1.29, 1.82) is 0 Å². The lowest BCUT2D eigenvalue weighted by atomic mass is 9.94. The minimum absolute atomic E-state index is 0.215. The van der Waals surface area contributed by atoms with Crippen LogP contribution in [-0.2, 0) is 16.2 Å². The molecule has 182 valence electrons. The van der Waals surface area contributed by atoms with Gasteiger partial charge in [-0.3, -0.25) is 9.59 Å². The third-order valence-corrected chi connectivity index (χ3v) is 5.35. The maximum Gasteiger partial charge on any atom is 0.252 e. The van der Waals surface area contributed by atoms with Crippen molar-refractivity contribution in [2.75, 3.05) is 12.4 Å². The molecule has 1 atom stereocenters. The van der Waals surface area contributed by atoms with Gasteiger partial charge in [-0.15, -0.1) is 0 Å². The Morgan fingerprint density at radius 3 is 2.26 bits per heavy atom. The van der Waals surface area contributed by atoms with Crippen molar-refractivity contribution in [2.24, 2.45) is 16.9 Å². The van der Waals surface area contributed by atoms with Crippen molar-refractivity contribution in [3.05, 3.63) is 89.5 Å². The molecule has 0 aliphatic rings. The van der Waals surface area contributed by atoms with Crippen LogP contribution in [0, 0.1) is 18.8 Å². The maximum absolute atomic E-state index is 12.7. The third kappa shape index (κ3) is 7.71. The Balaban J connectivity index is 1.53. The molecule has 3 aromatic carbocycles. The van der Waals surface area contributed by atoms with E-state index in [9.17, 15) is 9.59 Å². The predicted molar refractivity (Wildman–Crippen MR) is 138 cm³/mol. The fourth-order valence-electron chi connectivity index (χ4n) is 3.48. The normalized spacial score (nSPS) is 11.8. The SMILES string of the molecule is COc1ccc(NC(=O)C(C(=O)NN=Cc2ccc(OCc3cccc(C)c3)cc2)C(C)C)cc1. The Bertz CT molecular complexity index is 1160. The lowest BCUT2D eigenvalue weighted by Crippen LogP contribution is -2.39. The second-order valence-corrected chi connectivity index (χ2v) is 8.52. The summed E-state index contributed by atoms with van der Waals surface area (Å²) in [5, 5.41) is 6.80. The molecule has 0 heterocycles. The summed E-state index contributed by atoms with van der Waals surface area (Å²) in [6.45, 7) is 6.17. The maximum atomic E-state index is 12.7. The first-order valence-corrected chi connectivity index (χ1v) is 11.4. The van der Waals surface area contributed by atoms with Gasteiger partial charge in [-0.05, 0) is 72.5 Å². The number of rotatable bonds is 10. The van der Waals surface area contributed by atoms with Gasteiger partial charge in [0.2, 0.25) is 5.91 Å². The Morgan fingerprint density at radius 1 is 0.943 bits per heavy atom. The number of nitrogens with one attached hydrogen (secondary N) is 2. The number of hydrogen-bond acceptors (Lipinski definition) is 5. The van der Waals surface area contributed by atoms with Crippen LogP contribution in [0.2, 0.25) is 0 Å². The second kappa shape index (κ2) is 12.4. The molecular formula is C28H31N3O4. The summed E-state index contributed by atoms with van der Waals surface area (Å²) < 4.78 is 10.9. The third-order valence-electron chi connectivity index (χ3n) is 5.35. The Labute approximate surface area is 206 Å². The first-order chi connectivity index (χ1) is 16.9. The smallest absolute Gasteiger partial charge is 0.252 e. The number of aryl methyl sites for hydroxylation is 1. The highest BCUT2D eigenvalue weighted by Gasteiger charge is 2.29. The first-order valence-electron chi connectivity index (χ1n) is 11.4. The van der Waals surface area contributed by atoms with Crippen LogP contribution in [0.1, 0.15) is 30.5 Å². The van der Waals surface area contributed by atoms with E-state index >= 15 is 0 Å². The Kier molecular flexibility index (Phi) is 9.01. The van der Waals surface area contributed by atoms with Crippen LogP contribution < -0.4 is 20.2 Å². The highest BCUT2D eigenvalue weighted by atomic mass is 16.5. The molecule has 0 saturated heterocycles. The molecule has 7 heteroatoms. The molecule has 2 N–H and O–H groups in total. The van der Waals surface area contributed by atoms with E-state index in [1.165, 1.54) is 11.8 Å². The molecule has 3 aromatic rings. The molecule has 0 spiro atoms. The lowest BCUT2D eigenvalue weighted by Gasteiger charge is -2.18. The molecule has 7 nitrogen and oxygen atoms in total. The number of nitrogens with zero attached hydrogens (tertiary/aromatic N) is 1. The monoisotopic (exact) mass is 473 g/mol. The highest BCUT2D eigenvalue weighted by Crippen LogP contribution is 2.19. The van der Waals surface area contributed by atoms with Crippen LogP contribution >= 0.6 is 0 Å². The minimum Gasteiger partial charge on any atom is -0.497 e. The quantitative estimate of drug-likeness (QED) is 0.248. The Hall–Kier alpha value is -4.13. The molecule has 2 amide bonds. The first kappa shape index (κ1) is 25.5. The average molecular weight is 474 g/mol. The summed E-state index contributed by atoms with van der Waals surface area (Å²) >= 11 is 0. The van der Waals surface area contributed by atoms with Gasteiger partial charge in [-0.25, -0.2) is 5.43 Å². The minimum atomic E-state index is -0.897. The number of anilines is 1. The van der Waals surface area contributed by atoms with Crippen LogP contribution in [0.15, 0.2) is 77.9 Å². The van der Waals surface area contributed by atoms with Crippen LogP contribution in [-0.4, -0.2) is 25.1 Å². The predicted octanol–water partition coefficient (Wildman–Crippen LogP) is 4.94. The van der Waals surface area contributed by atoms with E-state index in [0.29, 0.717) is 18.0 Å². The molecule has 1 unspecified atom stereocenters. The van der Waals surface area contributed by atoms with Gasteiger partial charge in [-0.2, -0.15) is 5.10 Å². The number of hydrazone groups is 1. The van der Waals surface area contributed by atoms with E-state index < -0.39 is 17.7 Å². The molecule has 0 fully saturated rings. The Morgan fingerprint density at radius 2 is 1.63 bits per heavy atom. The van der Waals surface area contributed by atoms with Gasteiger partial charge in [0.1, 0.15) is 24.0 Å². The average Bonchev–Trinajstić information content (AvgIpc) is 2.84. The summed E-state index contributed by atoms with van der Waals surface area (Å²) in [6.07, 6.45) is 1.53. The van der Waals surface area contributed by atoms with E-state index in [2.05, 4.69) is 21.9 Å². The van der Waals surface area contributed by atoms with Crippen molar-refractivity contribution in [2.45, 2.75) is 27.4 Å². The van der Waals surface area contributed by atoms with Crippen LogP contribution in [0.4, 0.5) is 5.69 Å². The number of methoxy groups -OCH3 is 1. The fourth-order valence-corrected chi connectivity index (χ4v) is 3.48. The molecule has 0 aliphatic heterocycles. The van der Waals surface area contributed by atoms with Crippen LogP contribution in [0.5, 0.6) is 11.5 Å². The molecule has 0 saturated carbocycles. The summed E-state index contributed by atoms with van der Waals surface area (Å²) in [5.41, 5.74) is 6.15. The zero-order chi connectivity index (χ0) is 25.2. The summed E-state index contributed by atoms with van der Waals surface area (Å²) in [5.74, 6) is -0.558. The van der Waals surface area contributed by atoms with Crippen LogP contribution in [0.3, 0.4) is 0 Å². The molecule has 0 bridgehead atoms. The van der Waals surface area contributed by atoms with E-state index in [-0.39, 0.29) is 5.92 Å². The number of carbonyl (C=O) groups is 2. The molecule has 3 rings (SSSR count). The van der Waals surface area contributed by atoms with Gasteiger partial charge in [0.25, 0.3) is 5.91 Å². The van der Waals surface area contributed by atoms with Crippen molar-refractivity contribution < 1.29 is 19.1 Å². The van der Waals surface area contributed by atoms with E-state index in [4.69, 9.17) is 9.47 Å². The topological polar surface area (TPSA) is 89.0 Å². The van der Waals surface area contributed by atoms with Gasteiger partial charge in [0.15, 0.2) is 0 Å². The van der Waals surface area contributed by atoms with Gasteiger partial charge in [-0.1, -0.05) is 43.7 Å². The highest BCUT2D eigenvalue weighted by molar-refractivity contribution is 6.06. The van der Waals surface area contributed by atoms with E-state index in [1.54, 1.807) is 31.4 Å². The van der Waals surface area contributed by atoms with Crippen molar-refractivity contribution in [3.63, 3.8) is 0 Å². The summed E-state index contributed by atoms with van der Waals surface area (Å²) in [6, 6.07) is 22.5.